The summed E-state index contributed by atoms with van der Waals surface area (Å²) in [7, 11) is 0. The van der Waals surface area contributed by atoms with E-state index in [2.05, 4.69) is 20.3 Å². The lowest BCUT2D eigenvalue weighted by Crippen LogP contribution is -2.41. The summed E-state index contributed by atoms with van der Waals surface area (Å²) in [5, 5.41) is 17.3. The van der Waals surface area contributed by atoms with Crippen LogP contribution in [0, 0.1) is 5.92 Å². The van der Waals surface area contributed by atoms with Gasteiger partial charge in [-0.25, -0.2) is 9.50 Å². The van der Waals surface area contributed by atoms with Crippen LogP contribution in [0.5, 0.6) is 0 Å². The van der Waals surface area contributed by atoms with Crippen LogP contribution < -0.4 is 11.1 Å². The molecule has 168 valence electrons. The summed E-state index contributed by atoms with van der Waals surface area (Å²) in [6.07, 6.45) is 3.38. The van der Waals surface area contributed by atoms with Crippen molar-refractivity contribution in [3.63, 3.8) is 0 Å². The molecule has 0 saturated carbocycles. The fraction of sp³-hybridized carbons (Fsp3) is 0.391. The number of fused-ring (bicyclic) bond motifs is 1. The number of nitrogens with zero attached hydrogens (tertiary/aromatic N) is 4. The molecule has 1 aliphatic rings. The molecular weight excluding hydrogens is 408 g/mol. The first kappa shape index (κ1) is 21.9. The van der Waals surface area contributed by atoms with Crippen LogP contribution in [0.1, 0.15) is 48.3 Å². The number of rotatable bonds is 6. The van der Waals surface area contributed by atoms with E-state index < -0.39 is 5.60 Å². The molecule has 3 heterocycles. The lowest BCUT2D eigenvalue weighted by molar-refractivity contribution is -0.123. The maximum absolute atomic E-state index is 12.8. The number of primary amides is 1. The Bertz CT molecular complexity index is 1130. The highest BCUT2D eigenvalue weighted by atomic mass is 16.3. The minimum Gasteiger partial charge on any atom is -0.386 e. The fourth-order valence-electron chi connectivity index (χ4n) is 4.03. The van der Waals surface area contributed by atoms with E-state index in [-0.39, 0.29) is 17.7 Å². The number of anilines is 1. The van der Waals surface area contributed by atoms with E-state index in [0.717, 1.165) is 30.6 Å². The zero-order valence-electron chi connectivity index (χ0n) is 18.3. The summed E-state index contributed by atoms with van der Waals surface area (Å²) in [5.74, 6) is -0.281. The van der Waals surface area contributed by atoms with Crippen LogP contribution in [0.3, 0.4) is 0 Å². The summed E-state index contributed by atoms with van der Waals surface area (Å²) in [6, 6.07) is 10.4. The third-order valence-electron chi connectivity index (χ3n) is 5.82. The molecule has 0 aliphatic carbocycles. The number of nitrogens with one attached hydrogen (secondary N) is 1. The number of benzene rings is 1. The standard InChI is InChI=1S/C23H28N6O3/c1-23(2,32)17-7-5-15(6-8-17)22(31)27-19-12-18(29-20(26-19)9-10-25-29)14-28-11-3-4-16(13-28)21(24)30/h5-10,12,16,32H,3-4,11,13-14H2,1-2H3,(H2,24,30)(H,26,27,31). The number of carbonyl (C=O) groups excluding carboxylic acids is 2. The largest absolute Gasteiger partial charge is 0.386 e. The maximum atomic E-state index is 12.8. The predicted octanol–water partition coefficient (Wildman–Crippen LogP) is 1.91. The molecule has 1 fully saturated rings. The van der Waals surface area contributed by atoms with Gasteiger partial charge in [0.05, 0.1) is 23.4 Å². The highest BCUT2D eigenvalue weighted by molar-refractivity contribution is 6.03. The van der Waals surface area contributed by atoms with Crippen LogP contribution in [0.25, 0.3) is 5.65 Å². The number of likely N-dealkylation sites (tertiary alicyclic amines) is 1. The van der Waals surface area contributed by atoms with Gasteiger partial charge in [0.2, 0.25) is 5.91 Å². The lowest BCUT2D eigenvalue weighted by atomic mass is 9.97. The van der Waals surface area contributed by atoms with Gasteiger partial charge in [0.25, 0.3) is 5.91 Å². The molecule has 0 radical (unpaired) electrons. The van der Waals surface area contributed by atoms with Crippen LogP contribution in [0.15, 0.2) is 42.6 Å². The van der Waals surface area contributed by atoms with E-state index >= 15 is 0 Å². The third kappa shape index (κ3) is 4.79. The van der Waals surface area contributed by atoms with Gasteiger partial charge < -0.3 is 16.2 Å². The van der Waals surface area contributed by atoms with Crippen LogP contribution >= 0.6 is 0 Å². The Hall–Kier alpha value is -3.30. The zero-order chi connectivity index (χ0) is 22.9. The topological polar surface area (TPSA) is 126 Å². The van der Waals surface area contributed by atoms with Crippen molar-refractivity contribution in [2.45, 2.75) is 38.8 Å². The van der Waals surface area contributed by atoms with E-state index in [1.807, 2.05) is 0 Å². The number of amides is 2. The van der Waals surface area contributed by atoms with Crippen molar-refractivity contribution >= 4 is 23.3 Å². The van der Waals surface area contributed by atoms with Gasteiger partial charge in [0, 0.05) is 30.8 Å². The van der Waals surface area contributed by atoms with Gasteiger partial charge in [-0.2, -0.15) is 5.10 Å². The monoisotopic (exact) mass is 436 g/mol. The van der Waals surface area contributed by atoms with E-state index in [0.29, 0.717) is 30.1 Å². The van der Waals surface area contributed by atoms with E-state index in [1.165, 1.54) is 0 Å². The van der Waals surface area contributed by atoms with E-state index in [9.17, 15) is 14.7 Å². The smallest absolute Gasteiger partial charge is 0.256 e. The maximum Gasteiger partial charge on any atom is 0.256 e. The second-order valence-electron chi connectivity index (χ2n) is 8.80. The van der Waals surface area contributed by atoms with E-state index in [4.69, 9.17) is 5.73 Å². The van der Waals surface area contributed by atoms with Crippen molar-refractivity contribution in [1.82, 2.24) is 19.5 Å². The number of hydrogen-bond donors (Lipinski definition) is 3. The van der Waals surface area contributed by atoms with Crippen molar-refractivity contribution in [3.05, 3.63) is 59.4 Å². The Labute approximate surface area is 186 Å². The first-order valence-corrected chi connectivity index (χ1v) is 10.7. The SMILES string of the molecule is CC(C)(O)c1ccc(C(=O)Nc2cc(CN3CCCC(C(N)=O)C3)n3nccc3n2)cc1. The Morgan fingerprint density at radius 3 is 2.69 bits per heavy atom. The van der Waals surface area contributed by atoms with E-state index in [1.54, 1.807) is 61.0 Å². The predicted molar refractivity (Wildman–Crippen MR) is 120 cm³/mol. The van der Waals surface area contributed by atoms with Crippen molar-refractivity contribution in [3.8, 4) is 0 Å². The fourth-order valence-corrected chi connectivity index (χ4v) is 4.03. The summed E-state index contributed by atoms with van der Waals surface area (Å²) in [5.41, 5.74) is 7.22. The Morgan fingerprint density at radius 2 is 2.00 bits per heavy atom. The second-order valence-corrected chi connectivity index (χ2v) is 8.80. The average molecular weight is 437 g/mol. The van der Waals surface area contributed by atoms with Crippen LogP contribution in [0.4, 0.5) is 5.82 Å². The number of aromatic nitrogens is 3. The van der Waals surface area contributed by atoms with Gasteiger partial charge in [-0.3, -0.25) is 14.5 Å². The van der Waals surface area contributed by atoms with Gasteiger partial charge in [0.1, 0.15) is 5.82 Å². The number of aliphatic hydroxyl groups is 1. The van der Waals surface area contributed by atoms with Gasteiger partial charge in [0.15, 0.2) is 5.65 Å². The van der Waals surface area contributed by atoms with Gasteiger partial charge in [-0.1, -0.05) is 12.1 Å². The first-order chi connectivity index (χ1) is 15.2. The highest BCUT2D eigenvalue weighted by Crippen LogP contribution is 2.22. The summed E-state index contributed by atoms with van der Waals surface area (Å²) >= 11 is 0. The molecule has 9 nitrogen and oxygen atoms in total. The molecule has 1 unspecified atom stereocenters. The molecule has 9 heteroatoms. The molecule has 1 atom stereocenters. The quantitative estimate of drug-likeness (QED) is 0.542. The molecule has 1 aromatic carbocycles. The number of hydrogen-bond acceptors (Lipinski definition) is 6. The minimum atomic E-state index is -0.972. The second kappa shape index (κ2) is 8.68. The minimum absolute atomic E-state index is 0.148. The summed E-state index contributed by atoms with van der Waals surface area (Å²) in [6.45, 7) is 5.43. The Morgan fingerprint density at radius 1 is 1.25 bits per heavy atom. The molecule has 2 aromatic heterocycles. The normalized spacial score (nSPS) is 17.4. The van der Waals surface area contributed by atoms with Crippen molar-refractivity contribution in [2.75, 3.05) is 18.4 Å². The van der Waals surface area contributed by atoms with Gasteiger partial charge in [-0.05, 0) is 50.9 Å². The summed E-state index contributed by atoms with van der Waals surface area (Å²) < 4.78 is 1.74. The number of piperidine rings is 1. The number of nitrogens with two attached hydrogens (primary N) is 1. The van der Waals surface area contributed by atoms with Crippen molar-refractivity contribution in [2.24, 2.45) is 11.7 Å². The average Bonchev–Trinajstić information content (AvgIpc) is 3.22. The Kier molecular flexibility index (Phi) is 5.94. The van der Waals surface area contributed by atoms with Crippen molar-refractivity contribution in [1.29, 1.82) is 0 Å². The molecule has 1 aliphatic heterocycles. The molecule has 0 spiro atoms. The molecular formula is C23H28N6O3. The van der Waals surface area contributed by atoms with Gasteiger partial charge in [-0.15, -0.1) is 0 Å². The van der Waals surface area contributed by atoms with Crippen LogP contribution in [-0.2, 0) is 16.9 Å². The molecule has 3 aromatic rings. The van der Waals surface area contributed by atoms with Crippen LogP contribution in [-0.4, -0.2) is 49.5 Å². The third-order valence-corrected chi connectivity index (χ3v) is 5.82. The highest BCUT2D eigenvalue weighted by Gasteiger charge is 2.25. The molecule has 2 amide bonds. The molecule has 0 bridgehead atoms. The lowest BCUT2D eigenvalue weighted by Gasteiger charge is -2.31. The van der Waals surface area contributed by atoms with Crippen LogP contribution in [0.2, 0.25) is 0 Å². The Balaban J connectivity index is 1.54. The molecule has 4 N–H and O–H groups in total. The summed E-state index contributed by atoms with van der Waals surface area (Å²) in [4.78, 5) is 31.1. The van der Waals surface area contributed by atoms with Gasteiger partial charge >= 0.3 is 0 Å². The first-order valence-electron chi connectivity index (χ1n) is 10.7. The molecule has 32 heavy (non-hydrogen) atoms. The zero-order valence-corrected chi connectivity index (χ0v) is 18.3. The molecule has 4 rings (SSSR count). The van der Waals surface area contributed by atoms with Crippen molar-refractivity contribution < 1.29 is 14.7 Å². The number of carbonyl (C=O) groups is 2. The molecule has 1 saturated heterocycles.